The molecule has 0 saturated carbocycles. The molecule has 0 N–H and O–H groups in total. The average molecular weight is 275 g/mol. The molecule has 1 aromatic rings. The van der Waals surface area contributed by atoms with Gasteiger partial charge in [0, 0.05) is 6.07 Å². The normalized spacial score (nSPS) is 12.8. The summed E-state index contributed by atoms with van der Waals surface area (Å²) < 4.78 is 0. The number of fused-ring (bicyclic) bond motifs is 1. The van der Waals surface area contributed by atoms with Gasteiger partial charge in [0.2, 0.25) is 5.56 Å². The standard InChI is InChI=1S/C9HN5O6/c10-2-3-5(13(17)18)1-4-6(7(3)14(19)20)12-9(16)8(15)11-4/h1H. The van der Waals surface area contributed by atoms with Crippen molar-refractivity contribution in [2.24, 2.45) is 9.98 Å². The summed E-state index contributed by atoms with van der Waals surface area (Å²) in [5.74, 6) is -2.65. The van der Waals surface area contributed by atoms with E-state index < -0.39 is 49.3 Å². The number of benzene rings is 1. The molecule has 11 heteroatoms. The fourth-order valence-corrected chi connectivity index (χ4v) is 1.57. The second kappa shape index (κ2) is 4.28. The van der Waals surface area contributed by atoms with E-state index in [0.717, 1.165) is 0 Å². The first kappa shape index (κ1) is 12.9. The number of hydrogen-bond donors (Lipinski definition) is 0. The minimum absolute atomic E-state index is 0.494. The van der Waals surface area contributed by atoms with Gasteiger partial charge >= 0.3 is 17.5 Å². The summed E-state index contributed by atoms with van der Waals surface area (Å²) in [6, 6.07) is 2.01. The van der Waals surface area contributed by atoms with E-state index in [0.29, 0.717) is 6.07 Å². The van der Waals surface area contributed by atoms with E-state index in [4.69, 9.17) is 5.26 Å². The third-order valence-corrected chi connectivity index (χ3v) is 2.34. The molecule has 0 aromatic heterocycles. The van der Waals surface area contributed by atoms with Gasteiger partial charge in [0.1, 0.15) is 11.4 Å². The van der Waals surface area contributed by atoms with Gasteiger partial charge in [-0.3, -0.25) is 29.8 Å². The number of carbonyl (C=O) groups excluding carboxylic acids is 2. The minimum Gasteiger partial charge on any atom is -0.261 e. The Labute approximate surface area is 107 Å². The zero-order valence-corrected chi connectivity index (χ0v) is 9.26. The molecule has 0 saturated heterocycles. The molecule has 0 atom stereocenters. The van der Waals surface area contributed by atoms with Crippen LogP contribution in [-0.4, -0.2) is 21.7 Å². The summed E-state index contributed by atoms with van der Waals surface area (Å²) in [4.78, 5) is 48.1. The summed E-state index contributed by atoms with van der Waals surface area (Å²) in [5, 5.41) is 29.4. The van der Waals surface area contributed by atoms with Crippen molar-refractivity contribution in [1.82, 2.24) is 0 Å². The first-order valence-corrected chi connectivity index (χ1v) is 4.78. The Morgan fingerprint density at radius 3 is 2.20 bits per heavy atom. The smallest absolute Gasteiger partial charge is 0.261 e. The third kappa shape index (κ3) is 1.77. The van der Waals surface area contributed by atoms with Gasteiger partial charge in [-0.05, 0) is 0 Å². The molecule has 2 rings (SSSR count). The van der Waals surface area contributed by atoms with Crippen molar-refractivity contribution in [2.75, 3.05) is 0 Å². The van der Waals surface area contributed by atoms with Gasteiger partial charge in [0.15, 0.2) is 5.36 Å². The highest BCUT2D eigenvalue weighted by atomic mass is 16.6. The lowest BCUT2D eigenvalue weighted by molar-refractivity contribution is -0.395. The van der Waals surface area contributed by atoms with Gasteiger partial charge in [-0.15, -0.1) is 0 Å². The Hall–Kier alpha value is -3.55. The Bertz CT molecular complexity index is 864. The van der Waals surface area contributed by atoms with Gasteiger partial charge < -0.3 is 0 Å². The molecule has 1 aliphatic rings. The number of amides is 2. The predicted octanol–water partition coefficient (Wildman–Crippen LogP) is -1.32. The molecule has 0 bridgehead atoms. The van der Waals surface area contributed by atoms with Crippen molar-refractivity contribution in [1.29, 1.82) is 5.26 Å². The summed E-state index contributed by atoms with van der Waals surface area (Å²) in [7, 11) is 0. The Kier molecular flexibility index (Phi) is 2.76. The summed E-state index contributed by atoms with van der Waals surface area (Å²) >= 11 is 0. The van der Waals surface area contributed by atoms with E-state index in [9.17, 15) is 29.8 Å². The van der Waals surface area contributed by atoms with Crippen LogP contribution in [-0.2, 0) is 9.59 Å². The maximum absolute atomic E-state index is 11.1. The molecule has 1 aromatic carbocycles. The molecular formula is C9HN5O6. The van der Waals surface area contributed by atoms with E-state index in [2.05, 4.69) is 9.98 Å². The van der Waals surface area contributed by atoms with Crippen molar-refractivity contribution in [3.05, 3.63) is 42.6 Å². The summed E-state index contributed by atoms with van der Waals surface area (Å²) in [5.41, 5.74) is -2.78. The topological polar surface area (TPSA) is 169 Å². The van der Waals surface area contributed by atoms with Crippen molar-refractivity contribution in [3.63, 3.8) is 0 Å². The number of hydrogen-bond acceptors (Lipinski definition) is 7. The molecule has 0 radical (unpaired) electrons. The molecule has 1 aliphatic heterocycles. The lowest BCUT2D eigenvalue weighted by Gasteiger charge is -2.01. The van der Waals surface area contributed by atoms with Crippen LogP contribution in [0, 0.1) is 31.6 Å². The lowest BCUT2D eigenvalue weighted by Crippen LogP contribution is -2.37. The molecule has 11 nitrogen and oxygen atoms in total. The van der Waals surface area contributed by atoms with Gasteiger partial charge in [-0.25, -0.2) is 4.99 Å². The van der Waals surface area contributed by atoms with E-state index in [1.807, 2.05) is 0 Å². The maximum atomic E-state index is 11.1. The minimum atomic E-state index is -1.35. The van der Waals surface area contributed by atoms with Crippen LogP contribution in [0.3, 0.4) is 0 Å². The van der Waals surface area contributed by atoms with Crippen LogP contribution in [0.4, 0.5) is 11.4 Å². The van der Waals surface area contributed by atoms with Crippen molar-refractivity contribution >= 4 is 23.2 Å². The molecule has 0 unspecified atom stereocenters. The monoisotopic (exact) mass is 275 g/mol. The Balaban J connectivity index is 3.11. The highest BCUT2D eigenvalue weighted by Crippen LogP contribution is 2.22. The van der Waals surface area contributed by atoms with Gasteiger partial charge in [-0.1, -0.05) is 0 Å². The molecule has 0 fully saturated rings. The quantitative estimate of drug-likeness (QED) is 0.366. The number of nitro groups is 2. The molecular weight excluding hydrogens is 274 g/mol. The largest absolute Gasteiger partial charge is 0.338 e. The number of nitrogens with zero attached hydrogens (tertiary/aromatic N) is 5. The Morgan fingerprint density at radius 2 is 1.70 bits per heavy atom. The lowest BCUT2D eigenvalue weighted by atomic mass is 10.1. The van der Waals surface area contributed by atoms with Crippen LogP contribution in [0.5, 0.6) is 0 Å². The fourth-order valence-electron chi connectivity index (χ4n) is 1.57. The number of carbonyl (C=O) groups is 2. The van der Waals surface area contributed by atoms with Gasteiger partial charge in [-0.2, -0.15) is 10.3 Å². The highest BCUT2D eigenvalue weighted by Gasteiger charge is 2.32. The molecule has 0 aliphatic carbocycles. The van der Waals surface area contributed by atoms with E-state index in [1.54, 1.807) is 0 Å². The van der Waals surface area contributed by atoms with Crippen LogP contribution in [0.25, 0.3) is 0 Å². The summed E-state index contributed by atoms with van der Waals surface area (Å²) in [6.45, 7) is 0. The second-order valence-corrected chi connectivity index (χ2v) is 3.45. The maximum Gasteiger partial charge on any atom is 0.338 e. The molecule has 20 heavy (non-hydrogen) atoms. The molecule has 2 amide bonds. The SMILES string of the molecule is N#Cc1c([N+](=O)[O-])cc2c(c1[N+](=O)[O-])=NC(=O)C(=O)N=2. The van der Waals surface area contributed by atoms with Crippen LogP contribution < -0.4 is 10.7 Å². The molecule has 0 spiro atoms. The van der Waals surface area contributed by atoms with Crippen molar-refractivity contribution in [3.8, 4) is 6.07 Å². The van der Waals surface area contributed by atoms with E-state index >= 15 is 0 Å². The number of rotatable bonds is 2. The molecule has 1 heterocycles. The second-order valence-electron chi connectivity index (χ2n) is 3.45. The van der Waals surface area contributed by atoms with Crippen LogP contribution in [0.2, 0.25) is 0 Å². The van der Waals surface area contributed by atoms with Crippen molar-refractivity contribution in [2.45, 2.75) is 0 Å². The van der Waals surface area contributed by atoms with Gasteiger partial charge in [0.25, 0.3) is 5.69 Å². The zero-order chi connectivity index (χ0) is 15.0. The fraction of sp³-hybridized carbons (Fsp3) is 0. The zero-order valence-electron chi connectivity index (χ0n) is 9.26. The van der Waals surface area contributed by atoms with Crippen molar-refractivity contribution < 1.29 is 19.4 Å². The summed E-state index contributed by atoms with van der Waals surface area (Å²) in [6.07, 6.45) is 0. The highest BCUT2D eigenvalue weighted by molar-refractivity contribution is 6.36. The first-order valence-electron chi connectivity index (χ1n) is 4.78. The van der Waals surface area contributed by atoms with Crippen LogP contribution in [0.1, 0.15) is 5.56 Å². The Morgan fingerprint density at radius 1 is 1.10 bits per heavy atom. The average Bonchev–Trinajstić information content (AvgIpc) is 2.37. The number of nitriles is 1. The third-order valence-electron chi connectivity index (χ3n) is 2.34. The van der Waals surface area contributed by atoms with E-state index in [1.165, 1.54) is 6.07 Å². The van der Waals surface area contributed by atoms with Crippen LogP contribution >= 0.6 is 0 Å². The van der Waals surface area contributed by atoms with Gasteiger partial charge in [0.05, 0.1) is 9.85 Å². The molecule has 98 valence electrons. The number of nitro benzene ring substituents is 2. The van der Waals surface area contributed by atoms with Crippen LogP contribution in [0.15, 0.2) is 16.1 Å². The predicted molar refractivity (Wildman–Crippen MR) is 56.8 cm³/mol. The van der Waals surface area contributed by atoms with E-state index in [-0.39, 0.29) is 0 Å². The first-order chi connectivity index (χ1) is 9.36.